The van der Waals surface area contributed by atoms with Gasteiger partial charge in [0.25, 0.3) is 5.56 Å². The summed E-state index contributed by atoms with van der Waals surface area (Å²) in [5, 5.41) is 4.05. The number of nitrogens with zero attached hydrogens (tertiary/aromatic N) is 8. The van der Waals surface area contributed by atoms with Crippen molar-refractivity contribution in [3.63, 3.8) is 0 Å². The molecule has 0 amide bonds. The van der Waals surface area contributed by atoms with Crippen LogP contribution in [-0.2, 0) is 7.05 Å². The van der Waals surface area contributed by atoms with Gasteiger partial charge in [-0.25, -0.2) is 19.9 Å². The number of pyridine rings is 1. The smallest absolute Gasteiger partial charge is 0.267 e. The number of fused-ring (bicyclic) bond motifs is 1. The molecule has 1 aliphatic heterocycles. The number of imidazole rings is 1. The van der Waals surface area contributed by atoms with Gasteiger partial charge < -0.3 is 14.8 Å². The second kappa shape index (κ2) is 11.2. The molecule has 10 heteroatoms. The van der Waals surface area contributed by atoms with E-state index in [0.717, 1.165) is 24.3 Å². The number of hydrogen-bond acceptors (Lipinski definition) is 8. The van der Waals surface area contributed by atoms with Crippen molar-refractivity contribution < 1.29 is 0 Å². The van der Waals surface area contributed by atoms with E-state index in [9.17, 15) is 4.79 Å². The molecule has 0 atom stereocenters. The van der Waals surface area contributed by atoms with Crippen LogP contribution in [0.1, 0.15) is 24.3 Å². The lowest BCUT2D eigenvalue weighted by molar-refractivity contribution is 0.255. The van der Waals surface area contributed by atoms with Crippen molar-refractivity contribution in [1.82, 2.24) is 39.0 Å². The molecular formula is C33H31N9O. The summed E-state index contributed by atoms with van der Waals surface area (Å²) in [4.78, 5) is 39.0. The Morgan fingerprint density at radius 2 is 1.63 bits per heavy atom. The van der Waals surface area contributed by atoms with E-state index in [1.165, 1.54) is 24.7 Å². The Hall–Kier alpha value is -5.22. The van der Waals surface area contributed by atoms with E-state index < -0.39 is 0 Å². The second-order valence-electron chi connectivity index (χ2n) is 11.0. The highest BCUT2D eigenvalue weighted by atomic mass is 16.1. The largest absolute Gasteiger partial charge is 0.333 e. The van der Waals surface area contributed by atoms with Crippen LogP contribution in [0.2, 0.25) is 0 Å². The third-order valence-corrected chi connectivity index (χ3v) is 8.09. The van der Waals surface area contributed by atoms with Crippen LogP contribution < -0.4 is 10.9 Å². The van der Waals surface area contributed by atoms with Gasteiger partial charge >= 0.3 is 0 Å². The van der Waals surface area contributed by atoms with Gasteiger partial charge in [-0.05, 0) is 74.8 Å². The number of hydrogen-bond donors (Lipinski definition) is 1. The first-order chi connectivity index (χ1) is 21.0. The van der Waals surface area contributed by atoms with E-state index in [-0.39, 0.29) is 5.56 Å². The first kappa shape index (κ1) is 26.7. The summed E-state index contributed by atoms with van der Waals surface area (Å²) >= 11 is 0. The van der Waals surface area contributed by atoms with Gasteiger partial charge in [-0.2, -0.15) is 4.98 Å². The fourth-order valence-electron chi connectivity index (χ4n) is 5.73. The summed E-state index contributed by atoms with van der Waals surface area (Å²) in [6, 6.07) is 19.9. The van der Waals surface area contributed by atoms with Crippen molar-refractivity contribution in [2.75, 3.05) is 25.5 Å². The average Bonchev–Trinajstić information content (AvgIpc) is 3.43. The SMILES string of the molecule is CN1CCC(c2ccc(Nc3ncc4cc(-c5nc(-c6cncnc6)cn5C)c(=O)n(-c5ccccc5)c4n3)cc2)CC1. The van der Waals surface area contributed by atoms with Gasteiger partial charge in [0.15, 0.2) is 5.65 Å². The Morgan fingerprint density at radius 3 is 2.37 bits per heavy atom. The summed E-state index contributed by atoms with van der Waals surface area (Å²) < 4.78 is 3.47. The third-order valence-electron chi connectivity index (χ3n) is 8.09. The van der Waals surface area contributed by atoms with Crippen LogP contribution in [0, 0.1) is 0 Å². The molecule has 0 saturated carbocycles. The Morgan fingerprint density at radius 1 is 0.884 bits per heavy atom. The minimum Gasteiger partial charge on any atom is -0.333 e. The molecule has 43 heavy (non-hydrogen) atoms. The zero-order chi connectivity index (χ0) is 29.3. The molecule has 1 saturated heterocycles. The first-order valence-corrected chi connectivity index (χ1v) is 14.4. The van der Waals surface area contributed by atoms with Gasteiger partial charge in [-0.1, -0.05) is 30.3 Å². The molecule has 0 bridgehead atoms. The van der Waals surface area contributed by atoms with Gasteiger partial charge in [0.2, 0.25) is 5.95 Å². The fourth-order valence-corrected chi connectivity index (χ4v) is 5.73. The molecule has 2 aromatic carbocycles. The van der Waals surface area contributed by atoms with Crippen LogP contribution >= 0.6 is 0 Å². The predicted molar refractivity (Wildman–Crippen MR) is 168 cm³/mol. The second-order valence-corrected chi connectivity index (χ2v) is 11.0. The van der Waals surface area contributed by atoms with Crippen molar-refractivity contribution in [1.29, 1.82) is 0 Å². The van der Waals surface area contributed by atoms with Crippen LogP contribution in [0.15, 0.2) is 96.6 Å². The molecule has 0 radical (unpaired) electrons. The quantitative estimate of drug-likeness (QED) is 0.292. The highest BCUT2D eigenvalue weighted by Crippen LogP contribution is 2.29. The topological polar surface area (TPSA) is 107 Å². The van der Waals surface area contributed by atoms with Gasteiger partial charge in [0.1, 0.15) is 12.2 Å². The first-order valence-electron chi connectivity index (χ1n) is 14.4. The van der Waals surface area contributed by atoms with Crippen molar-refractivity contribution in [3.8, 4) is 28.3 Å². The highest BCUT2D eigenvalue weighted by molar-refractivity contribution is 5.82. The normalized spacial score (nSPS) is 14.3. The Kier molecular flexibility index (Phi) is 6.96. The number of piperidine rings is 1. The Balaban J connectivity index is 1.27. The molecule has 1 aliphatic rings. The van der Waals surface area contributed by atoms with E-state index in [1.54, 1.807) is 23.2 Å². The van der Waals surface area contributed by atoms with Crippen molar-refractivity contribution >= 4 is 22.7 Å². The highest BCUT2D eigenvalue weighted by Gasteiger charge is 2.20. The summed E-state index contributed by atoms with van der Waals surface area (Å²) in [6.45, 7) is 2.26. The van der Waals surface area contributed by atoms with Crippen molar-refractivity contribution in [3.05, 3.63) is 108 Å². The van der Waals surface area contributed by atoms with Gasteiger partial charge in [-0.3, -0.25) is 9.36 Å². The number of aromatic nitrogens is 7. The average molecular weight is 570 g/mol. The molecule has 0 aliphatic carbocycles. The van der Waals surface area contributed by atoms with Crippen LogP contribution in [0.4, 0.5) is 11.6 Å². The minimum atomic E-state index is -0.226. The lowest BCUT2D eigenvalue weighted by Crippen LogP contribution is -2.29. The number of benzene rings is 2. The van der Waals surface area contributed by atoms with Crippen molar-refractivity contribution in [2.24, 2.45) is 7.05 Å². The zero-order valence-corrected chi connectivity index (χ0v) is 24.1. The van der Waals surface area contributed by atoms with Gasteiger partial charge in [0.05, 0.1) is 16.9 Å². The van der Waals surface area contributed by atoms with E-state index in [4.69, 9.17) is 9.97 Å². The Labute approximate surface area is 248 Å². The number of para-hydroxylation sites is 1. The fraction of sp³-hybridized carbons (Fsp3) is 0.212. The van der Waals surface area contributed by atoms with Gasteiger partial charge in [-0.15, -0.1) is 0 Å². The number of anilines is 2. The molecule has 0 spiro atoms. The van der Waals surface area contributed by atoms with Gasteiger partial charge in [0, 0.05) is 48.5 Å². The summed E-state index contributed by atoms with van der Waals surface area (Å²) in [6.07, 6.45) is 10.8. The van der Waals surface area contributed by atoms with E-state index in [2.05, 4.69) is 56.5 Å². The number of nitrogens with one attached hydrogen (secondary N) is 1. The number of likely N-dealkylation sites (tertiary alicyclic amines) is 1. The van der Waals surface area contributed by atoms with Crippen LogP contribution in [0.5, 0.6) is 0 Å². The summed E-state index contributed by atoms with van der Waals surface area (Å²) in [5.74, 6) is 1.54. The van der Waals surface area contributed by atoms with Crippen LogP contribution in [-0.4, -0.2) is 59.1 Å². The molecule has 10 nitrogen and oxygen atoms in total. The van der Waals surface area contributed by atoms with Crippen molar-refractivity contribution in [2.45, 2.75) is 18.8 Å². The molecule has 5 heterocycles. The number of aryl methyl sites for hydroxylation is 1. The minimum absolute atomic E-state index is 0.226. The van der Waals surface area contributed by atoms with E-state index >= 15 is 0 Å². The molecule has 1 N–H and O–H groups in total. The maximum atomic E-state index is 14.2. The Bertz CT molecular complexity index is 1940. The third kappa shape index (κ3) is 5.28. The zero-order valence-electron chi connectivity index (χ0n) is 24.1. The number of rotatable bonds is 6. The molecule has 6 aromatic rings. The standard InChI is InChI=1S/C33H31N9O/c1-40-14-12-23(13-15-40)22-8-10-26(11-9-22)37-33-36-19-24-16-28(31-38-29(20-41(31)2)25-17-34-21-35-18-25)32(43)42(30(24)39-33)27-6-4-3-5-7-27/h3-11,16-21,23H,12-15H2,1-2H3,(H,36,37,39). The molecular weight excluding hydrogens is 538 g/mol. The summed E-state index contributed by atoms with van der Waals surface area (Å²) in [5.41, 5.74) is 5.13. The van der Waals surface area contributed by atoms with E-state index in [0.29, 0.717) is 45.7 Å². The summed E-state index contributed by atoms with van der Waals surface area (Å²) in [7, 11) is 4.05. The molecule has 0 unspecified atom stereocenters. The van der Waals surface area contributed by atoms with E-state index in [1.807, 2.05) is 54.2 Å². The molecule has 4 aromatic heterocycles. The molecule has 7 rings (SSSR count). The van der Waals surface area contributed by atoms with Crippen LogP contribution in [0.3, 0.4) is 0 Å². The van der Waals surface area contributed by atoms with Crippen LogP contribution in [0.25, 0.3) is 39.4 Å². The lowest BCUT2D eigenvalue weighted by atomic mass is 9.89. The predicted octanol–water partition coefficient (Wildman–Crippen LogP) is 5.19. The molecule has 1 fully saturated rings. The lowest BCUT2D eigenvalue weighted by Gasteiger charge is -2.29. The molecule has 214 valence electrons. The maximum absolute atomic E-state index is 14.2. The monoisotopic (exact) mass is 569 g/mol. The maximum Gasteiger partial charge on any atom is 0.267 e.